The SMILES string of the molecule is O=C1C(=Cc2ccc3cc(N(c4ccc5c(c4)CC4C=CC=CC4=C5)c4cccc5ccccc45)ccc3c2)C(=O)c2cc3ccccc3cc21. The van der Waals surface area contributed by atoms with Crippen LogP contribution in [0.2, 0.25) is 0 Å². The number of hydrogen-bond donors (Lipinski definition) is 0. The maximum Gasteiger partial charge on any atom is 0.197 e. The van der Waals surface area contributed by atoms with Gasteiger partial charge in [-0.15, -0.1) is 0 Å². The van der Waals surface area contributed by atoms with Crippen molar-refractivity contribution in [2.24, 2.45) is 5.92 Å². The second kappa shape index (κ2) is 11.5. The van der Waals surface area contributed by atoms with Gasteiger partial charge in [0.2, 0.25) is 0 Å². The van der Waals surface area contributed by atoms with E-state index in [4.69, 9.17) is 0 Å². The minimum atomic E-state index is -0.213. The predicted octanol–water partition coefficient (Wildman–Crippen LogP) is 11.8. The number of anilines is 3. The van der Waals surface area contributed by atoms with E-state index in [9.17, 15) is 9.59 Å². The number of carbonyl (C=O) groups is 2. The molecule has 51 heavy (non-hydrogen) atoms. The number of ketones is 2. The van der Waals surface area contributed by atoms with Gasteiger partial charge >= 0.3 is 0 Å². The third kappa shape index (κ3) is 4.89. The van der Waals surface area contributed by atoms with E-state index >= 15 is 0 Å². The first-order chi connectivity index (χ1) is 25.1. The molecule has 1 atom stereocenters. The summed E-state index contributed by atoms with van der Waals surface area (Å²) in [6, 6.07) is 46.1. The van der Waals surface area contributed by atoms with Crippen LogP contribution in [-0.4, -0.2) is 11.6 Å². The molecule has 0 amide bonds. The van der Waals surface area contributed by atoms with Gasteiger partial charge in [-0.3, -0.25) is 9.59 Å². The molecule has 1 unspecified atom stereocenters. The summed E-state index contributed by atoms with van der Waals surface area (Å²) in [5.74, 6) is -0.0264. The average molecular weight is 654 g/mol. The van der Waals surface area contributed by atoms with Crippen LogP contribution in [-0.2, 0) is 6.42 Å². The Morgan fingerprint density at radius 1 is 0.588 bits per heavy atom. The average Bonchev–Trinajstić information content (AvgIpc) is 3.40. The highest BCUT2D eigenvalue weighted by Gasteiger charge is 2.33. The molecular weight excluding hydrogens is 623 g/mol. The van der Waals surface area contributed by atoms with Crippen LogP contribution in [0.1, 0.15) is 37.4 Å². The van der Waals surface area contributed by atoms with Crippen LogP contribution in [0, 0.1) is 5.92 Å². The maximum absolute atomic E-state index is 13.5. The van der Waals surface area contributed by atoms with Gasteiger partial charge in [0.05, 0.1) is 11.3 Å². The fourth-order valence-corrected chi connectivity index (χ4v) is 8.02. The van der Waals surface area contributed by atoms with Gasteiger partial charge in [0.25, 0.3) is 0 Å². The third-order valence-electron chi connectivity index (χ3n) is 10.6. The fraction of sp³-hybridized carbons (Fsp3) is 0.0417. The van der Waals surface area contributed by atoms with Crippen LogP contribution in [0.4, 0.5) is 17.1 Å². The molecule has 7 aromatic carbocycles. The molecule has 0 bridgehead atoms. The zero-order chi connectivity index (χ0) is 34.1. The van der Waals surface area contributed by atoms with Crippen molar-refractivity contribution >= 4 is 73.1 Å². The van der Waals surface area contributed by atoms with Crippen LogP contribution in [0.5, 0.6) is 0 Å². The van der Waals surface area contributed by atoms with Gasteiger partial charge in [-0.2, -0.15) is 0 Å². The van der Waals surface area contributed by atoms with Gasteiger partial charge in [0, 0.05) is 33.8 Å². The molecule has 0 saturated carbocycles. The molecule has 10 rings (SSSR count). The Balaban J connectivity index is 1.05. The molecule has 3 nitrogen and oxygen atoms in total. The van der Waals surface area contributed by atoms with Crippen molar-refractivity contribution in [2.75, 3.05) is 4.90 Å². The molecule has 0 saturated heterocycles. The van der Waals surface area contributed by atoms with E-state index < -0.39 is 0 Å². The summed E-state index contributed by atoms with van der Waals surface area (Å²) >= 11 is 0. The van der Waals surface area contributed by atoms with E-state index in [1.165, 1.54) is 27.5 Å². The lowest BCUT2D eigenvalue weighted by atomic mass is 9.81. The van der Waals surface area contributed by atoms with Crippen LogP contribution in [0.25, 0.3) is 44.5 Å². The summed E-state index contributed by atoms with van der Waals surface area (Å²) in [5, 5.41) is 6.39. The predicted molar refractivity (Wildman–Crippen MR) is 210 cm³/mol. The van der Waals surface area contributed by atoms with Gasteiger partial charge in [-0.1, -0.05) is 115 Å². The molecule has 0 N–H and O–H groups in total. The lowest BCUT2D eigenvalue weighted by molar-refractivity contribution is 0.0990. The van der Waals surface area contributed by atoms with Gasteiger partial charge in [-0.25, -0.2) is 0 Å². The molecule has 3 heteroatoms. The minimum absolute atomic E-state index is 0.213. The third-order valence-corrected chi connectivity index (χ3v) is 10.6. The Hall–Kier alpha value is -6.58. The van der Waals surface area contributed by atoms with Crippen molar-refractivity contribution in [3.8, 4) is 0 Å². The second-order valence-electron chi connectivity index (χ2n) is 13.7. The zero-order valence-corrected chi connectivity index (χ0v) is 27.7. The smallest absolute Gasteiger partial charge is 0.197 e. The van der Waals surface area contributed by atoms with Gasteiger partial charge in [-0.05, 0) is 110 Å². The molecule has 0 heterocycles. The van der Waals surface area contributed by atoms with E-state index in [0.717, 1.165) is 50.6 Å². The molecule has 0 radical (unpaired) electrons. The normalized spacial score (nSPS) is 16.0. The van der Waals surface area contributed by atoms with Gasteiger partial charge in [0.1, 0.15) is 0 Å². The molecule has 0 spiro atoms. The highest BCUT2D eigenvalue weighted by Crippen LogP contribution is 2.42. The molecular formula is C48H31NO2. The molecule has 7 aromatic rings. The van der Waals surface area contributed by atoms with Crippen LogP contribution < -0.4 is 4.90 Å². The second-order valence-corrected chi connectivity index (χ2v) is 13.7. The van der Waals surface area contributed by atoms with Crippen molar-refractivity contribution < 1.29 is 9.59 Å². The van der Waals surface area contributed by atoms with E-state index in [-0.39, 0.29) is 17.1 Å². The van der Waals surface area contributed by atoms with Gasteiger partial charge < -0.3 is 4.90 Å². The van der Waals surface area contributed by atoms with Crippen LogP contribution in [0.15, 0.2) is 169 Å². The quantitative estimate of drug-likeness (QED) is 0.140. The van der Waals surface area contributed by atoms with E-state index in [2.05, 4.69) is 126 Å². The molecule has 240 valence electrons. The lowest BCUT2D eigenvalue weighted by Crippen LogP contribution is -2.14. The van der Waals surface area contributed by atoms with Crippen molar-refractivity contribution in [3.63, 3.8) is 0 Å². The summed E-state index contributed by atoms with van der Waals surface area (Å²) in [4.78, 5) is 29.3. The highest BCUT2D eigenvalue weighted by molar-refractivity contribution is 6.42. The first-order valence-electron chi connectivity index (χ1n) is 17.4. The largest absolute Gasteiger partial charge is 0.310 e. The zero-order valence-electron chi connectivity index (χ0n) is 27.7. The van der Waals surface area contributed by atoms with Crippen LogP contribution >= 0.6 is 0 Å². The monoisotopic (exact) mass is 653 g/mol. The number of nitrogens with zero attached hydrogens (tertiary/aromatic N) is 1. The summed E-state index contributed by atoms with van der Waals surface area (Å²) in [7, 11) is 0. The molecule has 3 aliphatic rings. The molecule has 3 aliphatic carbocycles. The van der Waals surface area contributed by atoms with Crippen molar-refractivity contribution in [1.29, 1.82) is 0 Å². The van der Waals surface area contributed by atoms with Crippen molar-refractivity contribution in [1.82, 2.24) is 0 Å². The minimum Gasteiger partial charge on any atom is -0.310 e. The van der Waals surface area contributed by atoms with E-state index in [1.807, 2.05) is 42.5 Å². The number of carbonyl (C=O) groups excluding carboxylic acids is 2. The Labute approximate surface area is 295 Å². The first kappa shape index (κ1) is 29.3. The van der Waals surface area contributed by atoms with Crippen molar-refractivity contribution in [3.05, 3.63) is 197 Å². The Morgan fingerprint density at radius 3 is 2.08 bits per heavy atom. The molecule has 0 aromatic heterocycles. The standard InChI is InChI=1S/C48H31NO2/c50-47-43-28-34-11-3-4-12-35(34)29-44(43)48(51)45(47)23-30-16-17-38-26-40(20-18-36(38)22-30)49(46-15-7-13-31-8-5-6-14-42(31)46)41-21-19-37-24-32-9-1-2-10-33(32)25-39(37)27-41/h1-24,26-29,33H,25H2. The van der Waals surface area contributed by atoms with Gasteiger partial charge in [0.15, 0.2) is 11.6 Å². The number of allylic oxidation sites excluding steroid dienone is 6. The number of Topliss-reactive ketones (excluding diaryl/α,β-unsaturated/α-hetero) is 2. The topological polar surface area (TPSA) is 37.4 Å². The maximum atomic E-state index is 13.5. The summed E-state index contributed by atoms with van der Waals surface area (Å²) in [6.45, 7) is 0. The summed E-state index contributed by atoms with van der Waals surface area (Å²) in [5.41, 5.74) is 9.28. The van der Waals surface area contributed by atoms with Crippen molar-refractivity contribution in [2.45, 2.75) is 6.42 Å². The number of hydrogen-bond acceptors (Lipinski definition) is 3. The summed E-state index contributed by atoms with van der Waals surface area (Å²) in [6.07, 6.45) is 13.9. The Bertz CT molecular complexity index is 2720. The van der Waals surface area contributed by atoms with E-state index in [0.29, 0.717) is 17.0 Å². The van der Waals surface area contributed by atoms with Crippen LogP contribution in [0.3, 0.4) is 0 Å². The fourth-order valence-electron chi connectivity index (χ4n) is 8.02. The van der Waals surface area contributed by atoms with E-state index in [1.54, 1.807) is 6.08 Å². The molecule has 0 fully saturated rings. The first-order valence-corrected chi connectivity index (χ1v) is 17.4. The highest BCUT2D eigenvalue weighted by atomic mass is 16.2. The Kier molecular flexibility index (Phi) is 6.62. The molecule has 0 aliphatic heterocycles. The Morgan fingerprint density at radius 2 is 1.25 bits per heavy atom. The number of benzene rings is 7. The number of fused-ring (bicyclic) bond motifs is 6. The lowest BCUT2D eigenvalue weighted by Gasteiger charge is -2.29. The summed E-state index contributed by atoms with van der Waals surface area (Å²) < 4.78 is 0. The number of rotatable bonds is 4.